The predicted octanol–water partition coefficient (Wildman–Crippen LogP) is 1.04. The van der Waals surface area contributed by atoms with Crippen LogP contribution in [0.5, 0.6) is 5.75 Å². The fourth-order valence-corrected chi connectivity index (χ4v) is 1.57. The highest BCUT2D eigenvalue weighted by Gasteiger charge is 2.08. The molecule has 0 saturated heterocycles. The van der Waals surface area contributed by atoms with Crippen molar-refractivity contribution in [3.63, 3.8) is 0 Å². The van der Waals surface area contributed by atoms with E-state index in [1.54, 1.807) is 7.11 Å². The molecule has 1 aromatic carbocycles. The number of benzene rings is 1. The Balaban J connectivity index is 2.56. The number of hydrogen-bond donors (Lipinski definition) is 2. The third-order valence-electron chi connectivity index (χ3n) is 2.51. The van der Waals surface area contributed by atoms with E-state index in [-0.39, 0.29) is 5.91 Å². The monoisotopic (exact) mass is 237 g/mol. The molecule has 0 spiro atoms. The zero-order valence-electron chi connectivity index (χ0n) is 10.5. The minimum Gasteiger partial charge on any atom is -0.496 e. The van der Waals surface area contributed by atoms with Crippen LogP contribution in [0.15, 0.2) is 18.2 Å². The van der Waals surface area contributed by atoms with Gasteiger partial charge in [0.05, 0.1) is 7.11 Å². The fourth-order valence-electron chi connectivity index (χ4n) is 1.57. The van der Waals surface area contributed by atoms with Crippen molar-refractivity contribution >= 4 is 5.91 Å². The first-order chi connectivity index (χ1) is 8.04. The Morgan fingerprint density at radius 2 is 2.24 bits per heavy atom. The molecule has 0 aliphatic heterocycles. The van der Waals surface area contributed by atoms with E-state index >= 15 is 0 Å². The maximum atomic E-state index is 11.2. The van der Waals surface area contributed by atoms with Crippen LogP contribution in [0.3, 0.4) is 0 Å². The maximum Gasteiger partial charge on any atom is 0.248 e. The highest BCUT2D eigenvalue weighted by molar-refractivity contribution is 5.79. The Hall–Kier alpha value is -1.55. The first kappa shape index (κ1) is 13.5. The summed E-state index contributed by atoms with van der Waals surface area (Å²) < 4.78 is 5.24. The zero-order valence-corrected chi connectivity index (χ0v) is 10.5. The average Bonchev–Trinajstić information content (AvgIpc) is 2.29. The Bertz CT molecular complexity index is 388. The lowest BCUT2D eigenvalue weighted by atomic mass is 10.1. The number of rotatable bonds is 5. The van der Waals surface area contributed by atoms with Crippen LogP contribution in [-0.2, 0) is 11.2 Å². The maximum absolute atomic E-state index is 11.2. The summed E-state index contributed by atoms with van der Waals surface area (Å²) in [6, 6.07) is 5.94. The number of aliphatic hydroxyl groups is 1. The summed E-state index contributed by atoms with van der Waals surface area (Å²) in [4.78, 5) is 11.2. The van der Waals surface area contributed by atoms with E-state index in [0.717, 1.165) is 16.9 Å². The molecule has 1 rings (SSSR count). The number of aliphatic hydroxyl groups excluding tert-OH is 1. The fraction of sp³-hybridized carbons (Fsp3) is 0.462. The zero-order chi connectivity index (χ0) is 12.8. The highest BCUT2D eigenvalue weighted by Crippen LogP contribution is 2.19. The van der Waals surface area contributed by atoms with Gasteiger partial charge in [0.2, 0.25) is 5.91 Å². The molecule has 0 heterocycles. The summed E-state index contributed by atoms with van der Waals surface area (Å²) in [7, 11) is 1.63. The molecule has 0 radical (unpaired) electrons. The molecule has 17 heavy (non-hydrogen) atoms. The third-order valence-corrected chi connectivity index (χ3v) is 2.51. The van der Waals surface area contributed by atoms with Crippen molar-refractivity contribution in [2.24, 2.45) is 0 Å². The van der Waals surface area contributed by atoms with E-state index in [1.165, 1.54) is 6.92 Å². The Morgan fingerprint density at radius 1 is 1.53 bits per heavy atom. The van der Waals surface area contributed by atoms with Crippen LogP contribution in [0.1, 0.15) is 18.1 Å². The van der Waals surface area contributed by atoms with Gasteiger partial charge in [0.15, 0.2) is 0 Å². The summed E-state index contributed by atoms with van der Waals surface area (Å²) in [5, 5.41) is 11.7. The van der Waals surface area contributed by atoms with Gasteiger partial charge in [-0.1, -0.05) is 17.7 Å². The van der Waals surface area contributed by atoms with Crippen molar-refractivity contribution in [2.45, 2.75) is 26.4 Å². The lowest BCUT2D eigenvalue weighted by molar-refractivity contribution is -0.128. The van der Waals surface area contributed by atoms with Gasteiger partial charge in [0.25, 0.3) is 0 Å². The minimum absolute atomic E-state index is 0.350. The van der Waals surface area contributed by atoms with Gasteiger partial charge in [-0.2, -0.15) is 0 Å². The summed E-state index contributed by atoms with van der Waals surface area (Å²) in [5.41, 5.74) is 2.21. The van der Waals surface area contributed by atoms with E-state index in [9.17, 15) is 4.79 Å². The molecule has 4 nitrogen and oxygen atoms in total. The predicted molar refractivity (Wildman–Crippen MR) is 66.1 cm³/mol. The minimum atomic E-state index is -0.964. The Morgan fingerprint density at radius 3 is 2.82 bits per heavy atom. The van der Waals surface area contributed by atoms with E-state index in [4.69, 9.17) is 9.84 Å². The molecular formula is C13H19NO3. The van der Waals surface area contributed by atoms with Crippen molar-refractivity contribution in [1.29, 1.82) is 0 Å². The van der Waals surface area contributed by atoms with Gasteiger partial charge in [-0.05, 0) is 31.9 Å². The van der Waals surface area contributed by atoms with Crippen molar-refractivity contribution in [3.8, 4) is 5.75 Å². The molecule has 2 N–H and O–H groups in total. The van der Waals surface area contributed by atoms with Crippen LogP contribution >= 0.6 is 0 Å². The Labute approximate surface area is 102 Å². The first-order valence-corrected chi connectivity index (χ1v) is 5.64. The molecule has 1 atom stereocenters. The molecule has 0 aliphatic carbocycles. The third kappa shape index (κ3) is 4.07. The summed E-state index contributed by atoms with van der Waals surface area (Å²) in [5.74, 6) is 0.471. The molecule has 94 valence electrons. The van der Waals surface area contributed by atoms with E-state index in [0.29, 0.717) is 13.0 Å². The van der Waals surface area contributed by atoms with Crippen molar-refractivity contribution in [1.82, 2.24) is 5.32 Å². The van der Waals surface area contributed by atoms with Gasteiger partial charge >= 0.3 is 0 Å². The Kier molecular flexibility index (Phi) is 4.97. The van der Waals surface area contributed by atoms with Gasteiger partial charge in [-0.25, -0.2) is 0 Å². The lowest BCUT2D eigenvalue weighted by Crippen LogP contribution is -2.33. The molecule has 1 amide bonds. The molecule has 1 unspecified atom stereocenters. The van der Waals surface area contributed by atoms with Crippen LogP contribution < -0.4 is 10.1 Å². The molecular weight excluding hydrogens is 218 g/mol. The lowest BCUT2D eigenvalue weighted by Gasteiger charge is -2.11. The normalized spacial score (nSPS) is 12.0. The van der Waals surface area contributed by atoms with Crippen molar-refractivity contribution in [3.05, 3.63) is 29.3 Å². The highest BCUT2D eigenvalue weighted by atomic mass is 16.5. The molecule has 1 aromatic rings. The smallest absolute Gasteiger partial charge is 0.248 e. The second-order valence-corrected chi connectivity index (χ2v) is 4.03. The quantitative estimate of drug-likeness (QED) is 0.804. The molecule has 0 aromatic heterocycles. The van der Waals surface area contributed by atoms with Gasteiger partial charge in [-0.15, -0.1) is 0 Å². The van der Waals surface area contributed by atoms with Crippen LogP contribution in [-0.4, -0.2) is 30.8 Å². The van der Waals surface area contributed by atoms with Crippen molar-refractivity contribution < 1.29 is 14.6 Å². The number of carbonyl (C=O) groups is 1. The van der Waals surface area contributed by atoms with Crippen LogP contribution in [0.25, 0.3) is 0 Å². The molecule has 0 bridgehead atoms. The standard InChI is InChI=1S/C13H19NO3/c1-9-4-5-12(17-3)11(8-9)6-7-14-13(16)10(2)15/h4-5,8,10,15H,6-7H2,1-3H3,(H,14,16). The number of carbonyl (C=O) groups excluding carboxylic acids is 1. The van der Waals surface area contributed by atoms with Gasteiger partial charge in [0, 0.05) is 6.54 Å². The van der Waals surface area contributed by atoms with Crippen LogP contribution in [0.4, 0.5) is 0 Å². The summed E-state index contributed by atoms with van der Waals surface area (Å²) in [6.07, 6.45) is -0.280. The van der Waals surface area contributed by atoms with E-state index in [2.05, 4.69) is 5.32 Å². The molecule has 4 heteroatoms. The number of hydrogen-bond acceptors (Lipinski definition) is 3. The van der Waals surface area contributed by atoms with E-state index in [1.807, 2.05) is 25.1 Å². The number of nitrogens with one attached hydrogen (secondary N) is 1. The molecule has 0 fully saturated rings. The van der Waals surface area contributed by atoms with E-state index < -0.39 is 6.10 Å². The van der Waals surface area contributed by atoms with Crippen molar-refractivity contribution in [2.75, 3.05) is 13.7 Å². The van der Waals surface area contributed by atoms with Gasteiger partial charge in [0.1, 0.15) is 11.9 Å². The number of aryl methyl sites for hydroxylation is 1. The second-order valence-electron chi connectivity index (χ2n) is 4.03. The first-order valence-electron chi connectivity index (χ1n) is 5.64. The summed E-state index contributed by atoms with van der Waals surface area (Å²) in [6.45, 7) is 3.95. The molecule has 0 saturated carbocycles. The summed E-state index contributed by atoms with van der Waals surface area (Å²) >= 11 is 0. The number of ether oxygens (including phenoxy) is 1. The van der Waals surface area contributed by atoms with Gasteiger partial charge < -0.3 is 15.2 Å². The average molecular weight is 237 g/mol. The topological polar surface area (TPSA) is 58.6 Å². The second kappa shape index (κ2) is 6.25. The number of amides is 1. The SMILES string of the molecule is COc1ccc(C)cc1CCNC(=O)C(C)O. The largest absolute Gasteiger partial charge is 0.496 e. The molecule has 0 aliphatic rings. The number of methoxy groups -OCH3 is 1. The van der Waals surface area contributed by atoms with Gasteiger partial charge in [-0.3, -0.25) is 4.79 Å². The van der Waals surface area contributed by atoms with Crippen LogP contribution in [0.2, 0.25) is 0 Å². The van der Waals surface area contributed by atoms with Crippen LogP contribution in [0, 0.1) is 6.92 Å².